The van der Waals surface area contributed by atoms with Crippen molar-refractivity contribution in [3.63, 3.8) is 0 Å². The summed E-state index contributed by atoms with van der Waals surface area (Å²) in [6, 6.07) is 10.0. The Hall–Kier alpha value is -2.69. The maximum atomic E-state index is 13.3. The molecule has 0 saturated carbocycles. The molecule has 1 aliphatic rings. The number of hydrogen-bond acceptors (Lipinski definition) is 6. The topological polar surface area (TPSA) is 119 Å². The molecule has 3 rings (SSSR count). The second-order valence-electron chi connectivity index (χ2n) is 7.02. The van der Waals surface area contributed by atoms with Crippen LogP contribution in [0.4, 0.5) is 11.4 Å². The van der Waals surface area contributed by atoms with Crippen LogP contribution in [0.1, 0.15) is 19.8 Å². The number of sulfonamides is 1. The molecule has 0 spiro atoms. The van der Waals surface area contributed by atoms with Crippen molar-refractivity contribution in [1.29, 1.82) is 0 Å². The molecule has 1 fully saturated rings. The third-order valence-electron chi connectivity index (χ3n) is 4.90. The molecule has 2 aromatic rings. The van der Waals surface area contributed by atoms with Crippen molar-refractivity contribution in [3.8, 4) is 5.75 Å². The van der Waals surface area contributed by atoms with Gasteiger partial charge in [-0.1, -0.05) is 17.7 Å². The Morgan fingerprint density at radius 2 is 2.10 bits per heavy atom. The van der Waals surface area contributed by atoms with E-state index in [2.05, 4.69) is 5.32 Å². The number of carbonyl (C=O) groups is 1. The van der Waals surface area contributed by atoms with Gasteiger partial charge in [0, 0.05) is 35.9 Å². The van der Waals surface area contributed by atoms with E-state index in [0.29, 0.717) is 19.4 Å². The summed E-state index contributed by atoms with van der Waals surface area (Å²) in [7, 11) is -3.94. The Balaban J connectivity index is 1.78. The molecule has 11 heteroatoms. The predicted molar refractivity (Wildman–Crippen MR) is 116 cm³/mol. The van der Waals surface area contributed by atoms with E-state index in [9.17, 15) is 23.3 Å². The number of benzene rings is 2. The van der Waals surface area contributed by atoms with E-state index in [0.717, 1.165) is 0 Å². The third kappa shape index (κ3) is 5.33. The Labute approximate surface area is 185 Å². The molecule has 1 N–H and O–H groups in total. The largest absolute Gasteiger partial charge is 0.492 e. The number of halogens is 1. The van der Waals surface area contributed by atoms with Crippen molar-refractivity contribution >= 4 is 38.9 Å². The van der Waals surface area contributed by atoms with Gasteiger partial charge in [0.1, 0.15) is 10.6 Å². The highest BCUT2D eigenvalue weighted by Crippen LogP contribution is 2.32. The van der Waals surface area contributed by atoms with E-state index >= 15 is 0 Å². The average molecular weight is 468 g/mol. The Kier molecular flexibility index (Phi) is 7.14. The average Bonchev–Trinajstić information content (AvgIpc) is 2.75. The van der Waals surface area contributed by atoms with Gasteiger partial charge in [-0.2, -0.15) is 4.31 Å². The lowest BCUT2D eigenvalue weighted by molar-refractivity contribution is -0.384. The van der Waals surface area contributed by atoms with E-state index < -0.39 is 26.8 Å². The van der Waals surface area contributed by atoms with Crippen LogP contribution in [0.2, 0.25) is 5.02 Å². The molecule has 0 aromatic heterocycles. The lowest BCUT2D eigenvalue weighted by atomic mass is 9.98. The summed E-state index contributed by atoms with van der Waals surface area (Å²) in [4.78, 5) is 23.1. The first-order valence-electron chi connectivity index (χ1n) is 9.70. The van der Waals surface area contributed by atoms with Crippen molar-refractivity contribution in [3.05, 3.63) is 57.6 Å². The summed E-state index contributed by atoms with van der Waals surface area (Å²) in [6.07, 6.45) is 0.997. The van der Waals surface area contributed by atoms with Gasteiger partial charge in [-0.05, 0) is 44.0 Å². The number of nitrogens with zero attached hydrogens (tertiary/aromatic N) is 2. The summed E-state index contributed by atoms with van der Waals surface area (Å²) >= 11 is 6.02. The first-order chi connectivity index (χ1) is 14.7. The summed E-state index contributed by atoms with van der Waals surface area (Å²) in [5, 5.41) is 13.8. The fourth-order valence-electron chi connectivity index (χ4n) is 3.41. The lowest BCUT2D eigenvalue weighted by Gasteiger charge is -2.31. The van der Waals surface area contributed by atoms with Gasteiger partial charge in [0.05, 0.1) is 17.4 Å². The molecule has 1 saturated heterocycles. The molecule has 1 unspecified atom stereocenters. The number of nitrogens with one attached hydrogen (secondary N) is 1. The minimum absolute atomic E-state index is 0.0127. The van der Waals surface area contributed by atoms with Crippen LogP contribution < -0.4 is 10.1 Å². The number of ether oxygens (including phenoxy) is 1. The molecular weight excluding hydrogens is 446 g/mol. The monoisotopic (exact) mass is 467 g/mol. The van der Waals surface area contributed by atoms with Gasteiger partial charge >= 0.3 is 0 Å². The molecule has 9 nitrogen and oxygen atoms in total. The summed E-state index contributed by atoms with van der Waals surface area (Å²) in [5.74, 6) is -0.788. The number of nitro benzene ring substituents is 1. The van der Waals surface area contributed by atoms with Crippen LogP contribution in [0.5, 0.6) is 5.75 Å². The number of piperidine rings is 1. The first-order valence-corrected chi connectivity index (χ1v) is 11.5. The maximum Gasteiger partial charge on any atom is 0.271 e. The van der Waals surface area contributed by atoms with Gasteiger partial charge in [-0.15, -0.1) is 0 Å². The van der Waals surface area contributed by atoms with E-state index in [-0.39, 0.29) is 40.1 Å². The normalized spacial score (nSPS) is 17.2. The third-order valence-corrected chi connectivity index (χ3v) is 7.02. The molecule has 0 radical (unpaired) electrons. The number of amides is 1. The Morgan fingerprint density at radius 1 is 1.32 bits per heavy atom. The van der Waals surface area contributed by atoms with Gasteiger partial charge in [0.15, 0.2) is 0 Å². The zero-order chi connectivity index (χ0) is 22.6. The zero-order valence-corrected chi connectivity index (χ0v) is 18.4. The summed E-state index contributed by atoms with van der Waals surface area (Å²) in [6.45, 7) is 2.29. The van der Waals surface area contributed by atoms with Crippen molar-refractivity contribution in [1.82, 2.24) is 4.31 Å². The fourth-order valence-corrected chi connectivity index (χ4v) is 5.33. The van der Waals surface area contributed by atoms with Gasteiger partial charge in [0.25, 0.3) is 5.69 Å². The maximum absolute atomic E-state index is 13.3. The molecule has 2 aromatic carbocycles. The highest BCUT2D eigenvalue weighted by molar-refractivity contribution is 7.89. The van der Waals surface area contributed by atoms with Crippen LogP contribution >= 0.6 is 11.6 Å². The Morgan fingerprint density at radius 3 is 2.81 bits per heavy atom. The van der Waals surface area contributed by atoms with E-state index in [1.165, 1.54) is 34.6 Å². The minimum atomic E-state index is -3.94. The highest BCUT2D eigenvalue weighted by atomic mass is 35.5. The second kappa shape index (κ2) is 9.63. The van der Waals surface area contributed by atoms with Crippen molar-refractivity contribution < 1.29 is 22.9 Å². The lowest BCUT2D eigenvalue weighted by Crippen LogP contribution is -2.43. The standard InChI is InChI=1S/C20H22ClN3O6S/c1-2-30-18-9-8-15(21)11-19(18)31(28,29)23-10-4-5-14(13-23)20(25)22-16-6-3-7-17(12-16)24(26)27/h3,6-9,11-12,14H,2,4-5,10,13H2,1H3,(H,22,25). The van der Waals surface area contributed by atoms with E-state index in [1.807, 2.05) is 0 Å². The van der Waals surface area contributed by atoms with Gasteiger partial charge in [-0.3, -0.25) is 14.9 Å². The van der Waals surface area contributed by atoms with Crippen LogP contribution in [0, 0.1) is 16.0 Å². The van der Waals surface area contributed by atoms with E-state index in [1.54, 1.807) is 19.1 Å². The SMILES string of the molecule is CCOc1ccc(Cl)cc1S(=O)(=O)N1CCCC(C(=O)Nc2cccc([N+](=O)[O-])c2)C1. The van der Waals surface area contributed by atoms with Gasteiger partial charge in [0.2, 0.25) is 15.9 Å². The van der Waals surface area contributed by atoms with Gasteiger partial charge < -0.3 is 10.1 Å². The minimum Gasteiger partial charge on any atom is -0.492 e. The molecule has 166 valence electrons. The van der Waals surface area contributed by atoms with Gasteiger partial charge in [-0.25, -0.2) is 8.42 Å². The quantitative estimate of drug-likeness (QED) is 0.490. The van der Waals surface area contributed by atoms with Crippen LogP contribution in [0.3, 0.4) is 0 Å². The van der Waals surface area contributed by atoms with Crippen LogP contribution in [-0.2, 0) is 14.8 Å². The Bertz CT molecular complexity index is 1090. The fraction of sp³-hybridized carbons (Fsp3) is 0.350. The molecule has 0 bridgehead atoms. The van der Waals surface area contributed by atoms with Crippen molar-refractivity contribution in [2.45, 2.75) is 24.7 Å². The van der Waals surface area contributed by atoms with Crippen LogP contribution in [-0.4, -0.2) is 43.2 Å². The first kappa shape index (κ1) is 23.0. The second-order valence-corrected chi connectivity index (χ2v) is 9.37. The molecule has 0 aliphatic carbocycles. The summed E-state index contributed by atoms with van der Waals surface area (Å²) < 4.78 is 33.2. The predicted octanol–water partition coefficient (Wildman–Crippen LogP) is 3.69. The molecular formula is C20H22ClN3O6S. The smallest absolute Gasteiger partial charge is 0.271 e. The molecule has 31 heavy (non-hydrogen) atoms. The summed E-state index contributed by atoms with van der Waals surface area (Å²) in [5.41, 5.74) is 0.141. The van der Waals surface area contributed by atoms with Crippen LogP contribution in [0.25, 0.3) is 0 Å². The van der Waals surface area contributed by atoms with E-state index in [4.69, 9.17) is 16.3 Å². The molecule has 1 heterocycles. The number of rotatable bonds is 7. The molecule has 1 aliphatic heterocycles. The molecule has 1 atom stereocenters. The zero-order valence-electron chi connectivity index (χ0n) is 16.8. The number of hydrogen-bond donors (Lipinski definition) is 1. The van der Waals surface area contributed by atoms with Crippen LogP contribution in [0.15, 0.2) is 47.4 Å². The number of nitro groups is 1. The number of non-ortho nitro benzene ring substituents is 1. The van der Waals surface area contributed by atoms with Crippen molar-refractivity contribution in [2.24, 2.45) is 5.92 Å². The number of anilines is 1. The van der Waals surface area contributed by atoms with Crippen molar-refractivity contribution in [2.75, 3.05) is 25.0 Å². The highest BCUT2D eigenvalue weighted by Gasteiger charge is 2.35. The molecule has 1 amide bonds. The number of carbonyl (C=O) groups excluding carboxylic acids is 1.